The number of hydrogen-bond donors (Lipinski definition) is 2. The Morgan fingerprint density at radius 2 is 2.06 bits per heavy atom. The highest BCUT2D eigenvalue weighted by atomic mass is 79.9. The molecule has 98 valence electrons. The topological polar surface area (TPSA) is 64.7 Å². The van der Waals surface area contributed by atoms with Crippen molar-refractivity contribution in [3.05, 3.63) is 22.2 Å². The summed E-state index contributed by atoms with van der Waals surface area (Å²) in [5, 5.41) is 9.80. The number of benzene rings is 1. The second-order valence-electron chi connectivity index (χ2n) is 5.16. The molecule has 0 saturated heterocycles. The minimum atomic E-state index is -0.673. The average Bonchev–Trinajstić information content (AvgIpc) is 3.16. The first-order chi connectivity index (χ1) is 8.63. The summed E-state index contributed by atoms with van der Waals surface area (Å²) in [5.41, 5.74) is 6.44. The van der Waals surface area contributed by atoms with E-state index in [2.05, 4.69) is 15.9 Å². The predicted molar refractivity (Wildman–Crippen MR) is 70.8 cm³/mol. The van der Waals surface area contributed by atoms with E-state index in [1.165, 1.54) is 0 Å². The third-order valence-corrected chi connectivity index (χ3v) is 4.24. The lowest BCUT2D eigenvalue weighted by Crippen LogP contribution is -2.17. The van der Waals surface area contributed by atoms with Crippen LogP contribution in [0.3, 0.4) is 0 Å². The Morgan fingerprint density at radius 3 is 2.72 bits per heavy atom. The maximum Gasteiger partial charge on any atom is 0.175 e. The molecule has 1 unspecified atom stereocenters. The van der Waals surface area contributed by atoms with Gasteiger partial charge in [-0.15, -0.1) is 0 Å². The molecule has 1 aromatic carbocycles. The van der Waals surface area contributed by atoms with Gasteiger partial charge in [0.15, 0.2) is 11.5 Å². The molecule has 5 heteroatoms. The molecule has 3 rings (SSSR count). The second-order valence-corrected chi connectivity index (χ2v) is 6.01. The van der Waals surface area contributed by atoms with E-state index in [1.807, 2.05) is 12.1 Å². The summed E-state index contributed by atoms with van der Waals surface area (Å²) in [5.74, 6) is 1.42. The van der Waals surface area contributed by atoms with Crippen molar-refractivity contribution in [1.29, 1.82) is 0 Å². The molecule has 0 amide bonds. The lowest BCUT2D eigenvalue weighted by Gasteiger charge is -2.14. The first-order valence-corrected chi connectivity index (χ1v) is 6.90. The number of rotatable bonds is 2. The van der Waals surface area contributed by atoms with Gasteiger partial charge < -0.3 is 20.3 Å². The molecule has 0 radical (unpaired) electrons. The van der Waals surface area contributed by atoms with Gasteiger partial charge in [0.05, 0.1) is 23.8 Å². The first-order valence-electron chi connectivity index (χ1n) is 6.11. The summed E-state index contributed by atoms with van der Waals surface area (Å²) in [4.78, 5) is 0. The summed E-state index contributed by atoms with van der Waals surface area (Å²) < 4.78 is 12.5. The molecule has 0 bridgehead atoms. The zero-order chi connectivity index (χ0) is 12.8. The van der Waals surface area contributed by atoms with Gasteiger partial charge in [0.25, 0.3) is 0 Å². The molecule has 1 atom stereocenters. The van der Waals surface area contributed by atoms with Gasteiger partial charge in [-0.1, -0.05) is 0 Å². The van der Waals surface area contributed by atoms with Gasteiger partial charge in [0.1, 0.15) is 0 Å². The van der Waals surface area contributed by atoms with Gasteiger partial charge >= 0.3 is 0 Å². The third-order valence-electron chi connectivity index (χ3n) is 3.65. The van der Waals surface area contributed by atoms with E-state index in [0.29, 0.717) is 19.0 Å². The Hall–Kier alpha value is -0.780. The van der Waals surface area contributed by atoms with Crippen LogP contribution in [-0.4, -0.2) is 24.9 Å². The average molecular weight is 314 g/mol. The van der Waals surface area contributed by atoms with Crippen molar-refractivity contribution in [2.24, 2.45) is 11.1 Å². The van der Waals surface area contributed by atoms with Crippen molar-refractivity contribution in [3.8, 4) is 11.5 Å². The Bertz CT molecular complexity index is 474. The van der Waals surface area contributed by atoms with Gasteiger partial charge in [-0.05, 0) is 46.5 Å². The Labute approximate surface area is 114 Å². The van der Waals surface area contributed by atoms with Crippen LogP contribution >= 0.6 is 15.9 Å². The van der Waals surface area contributed by atoms with E-state index in [4.69, 9.17) is 15.2 Å². The van der Waals surface area contributed by atoms with Crippen LogP contribution in [0.1, 0.15) is 24.5 Å². The van der Waals surface area contributed by atoms with E-state index < -0.39 is 6.10 Å². The van der Waals surface area contributed by atoms with Crippen LogP contribution < -0.4 is 15.2 Å². The monoisotopic (exact) mass is 313 g/mol. The quantitative estimate of drug-likeness (QED) is 0.876. The molecule has 0 aromatic heterocycles. The molecule has 3 N–H and O–H groups in total. The van der Waals surface area contributed by atoms with Crippen LogP contribution in [0.5, 0.6) is 11.5 Å². The summed E-state index contributed by atoms with van der Waals surface area (Å²) >= 11 is 3.47. The SMILES string of the molecule is NCC(O)c1cc(Br)c2c(c1)OCC1(CC1)CO2. The molecule has 1 spiro atoms. The number of fused-ring (bicyclic) bond motifs is 1. The molecule has 2 aliphatic rings. The fraction of sp³-hybridized carbons (Fsp3) is 0.538. The maximum atomic E-state index is 9.80. The number of halogens is 1. The molecule has 1 aliphatic carbocycles. The highest BCUT2D eigenvalue weighted by Crippen LogP contribution is 2.50. The molecule has 1 heterocycles. The van der Waals surface area contributed by atoms with Crippen molar-refractivity contribution in [3.63, 3.8) is 0 Å². The zero-order valence-corrected chi connectivity index (χ0v) is 11.6. The van der Waals surface area contributed by atoms with Gasteiger partial charge in [-0.25, -0.2) is 0 Å². The predicted octanol–water partition coefficient (Wildman–Crippen LogP) is 1.99. The van der Waals surface area contributed by atoms with Gasteiger partial charge in [-0.3, -0.25) is 0 Å². The fourth-order valence-electron chi connectivity index (χ4n) is 2.13. The van der Waals surface area contributed by atoms with E-state index in [9.17, 15) is 5.11 Å². The van der Waals surface area contributed by atoms with Crippen LogP contribution in [0.25, 0.3) is 0 Å². The maximum absolute atomic E-state index is 9.80. The summed E-state index contributed by atoms with van der Waals surface area (Å²) in [6, 6.07) is 3.66. The van der Waals surface area contributed by atoms with Gasteiger partial charge in [0, 0.05) is 12.0 Å². The van der Waals surface area contributed by atoms with Crippen LogP contribution in [-0.2, 0) is 0 Å². The molecule has 1 aliphatic heterocycles. The number of hydrogen-bond acceptors (Lipinski definition) is 4. The van der Waals surface area contributed by atoms with Crippen molar-refractivity contribution < 1.29 is 14.6 Å². The number of ether oxygens (including phenoxy) is 2. The van der Waals surface area contributed by atoms with Crippen molar-refractivity contribution in [1.82, 2.24) is 0 Å². The fourth-order valence-corrected chi connectivity index (χ4v) is 2.70. The summed E-state index contributed by atoms with van der Waals surface area (Å²) in [7, 11) is 0. The van der Waals surface area contributed by atoms with Crippen molar-refractivity contribution >= 4 is 15.9 Å². The van der Waals surface area contributed by atoms with Gasteiger partial charge in [0.2, 0.25) is 0 Å². The number of aliphatic hydroxyl groups is 1. The van der Waals surface area contributed by atoms with Crippen molar-refractivity contribution in [2.75, 3.05) is 19.8 Å². The minimum absolute atomic E-state index is 0.190. The largest absolute Gasteiger partial charge is 0.489 e. The highest BCUT2D eigenvalue weighted by molar-refractivity contribution is 9.10. The zero-order valence-electron chi connectivity index (χ0n) is 9.99. The molecular formula is C13H16BrNO3. The van der Waals surface area contributed by atoms with E-state index in [0.717, 1.165) is 28.6 Å². The van der Waals surface area contributed by atoms with E-state index in [-0.39, 0.29) is 12.0 Å². The van der Waals surface area contributed by atoms with Gasteiger partial charge in [-0.2, -0.15) is 0 Å². The van der Waals surface area contributed by atoms with Crippen LogP contribution in [0.2, 0.25) is 0 Å². The standard InChI is InChI=1S/C13H16BrNO3/c14-9-3-8(10(16)5-15)4-11-12(9)18-7-13(1-2-13)6-17-11/h3-4,10,16H,1-2,5-7,15H2. The van der Waals surface area contributed by atoms with Crippen molar-refractivity contribution in [2.45, 2.75) is 18.9 Å². The van der Waals surface area contributed by atoms with E-state index in [1.54, 1.807) is 0 Å². The minimum Gasteiger partial charge on any atom is -0.489 e. The van der Waals surface area contributed by atoms with Crippen LogP contribution in [0.4, 0.5) is 0 Å². The molecular weight excluding hydrogens is 298 g/mol. The molecule has 18 heavy (non-hydrogen) atoms. The smallest absolute Gasteiger partial charge is 0.175 e. The lowest BCUT2D eigenvalue weighted by molar-refractivity contribution is 0.185. The van der Waals surface area contributed by atoms with Crippen LogP contribution in [0, 0.1) is 5.41 Å². The molecule has 1 fully saturated rings. The second kappa shape index (κ2) is 4.40. The Balaban J connectivity index is 1.94. The Kier molecular flexibility index (Phi) is 3.00. The molecule has 1 aromatic rings. The molecule has 4 nitrogen and oxygen atoms in total. The highest BCUT2D eigenvalue weighted by Gasteiger charge is 2.46. The number of nitrogens with two attached hydrogens (primary N) is 1. The Morgan fingerprint density at radius 1 is 1.33 bits per heavy atom. The lowest BCUT2D eigenvalue weighted by atomic mass is 10.1. The normalized spacial score (nSPS) is 21.5. The summed E-state index contributed by atoms with van der Waals surface area (Å²) in [6.45, 7) is 1.59. The van der Waals surface area contributed by atoms with E-state index >= 15 is 0 Å². The van der Waals surface area contributed by atoms with Crippen LogP contribution in [0.15, 0.2) is 16.6 Å². The summed E-state index contributed by atoms with van der Waals surface area (Å²) in [6.07, 6.45) is 1.65. The number of aliphatic hydroxyl groups excluding tert-OH is 1. The first kappa shape index (κ1) is 12.3. The molecule has 1 saturated carbocycles. The third kappa shape index (κ3) is 2.11.